The number of nitrogens with one attached hydrogen (secondary N) is 1. The number of rotatable bonds is 5. The number of alkyl carbamates (subject to hydrolysis) is 1. The maximum Gasteiger partial charge on any atom is 0.408 e. The zero-order chi connectivity index (χ0) is 18.3. The molecule has 0 saturated carbocycles. The number of amides is 1. The second-order valence-corrected chi connectivity index (χ2v) is 6.84. The number of hydrogen-bond donors (Lipinski definition) is 1. The van der Waals surface area contributed by atoms with Gasteiger partial charge in [-0.05, 0) is 50.5 Å². The first-order valence-corrected chi connectivity index (χ1v) is 7.84. The third-order valence-electron chi connectivity index (χ3n) is 3.10. The van der Waals surface area contributed by atoms with Crippen LogP contribution < -0.4 is 5.32 Å². The quantitative estimate of drug-likeness (QED) is 0.836. The van der Waals surface area contributed by atoms with Crippen molar-refractivity contribution in [3.05, 3.63) is 41.5 Å². The lowest BCUT2D eigenvalue weighted by atomic mass is 9.99. The number of carbonyl (C=O) groups is 2. The fraction of sp³-hybridized carbons (Fsp3) is 0.421. The molecule has 128 valence electrons. The average molecular weight is 328 g/mol. The lowest BCUT2D eigenvalue weighted by molar-refractivity contribution is -0.117. The van der Waals surface area contributed by atoms with Crippen LogP contribution >= 0.6 is 0 Å². The third kappa shape index (κ3) is 6.66. The van der Waals surface area contributed by atoms with Gasteiger partial charge in [-0.1, -0.05) is 32.1 Å². The number of benzene rings is 1. The molecule has 1 N–H and O–H groups in total. The van der Waals surface area contributed by atoms with Gasteiger partial charge in [0.15, 0.2) is 5.78 Å². The Labute approximate surface area is 143 Å². The van der Waals surface area contributed by atoms with E-state index in [1.807, 2.05) is 13.8 Å². The summed E-state index contributed by atoms with van der Waals surface area (Å²) in [6.45, 7) is 9.00. The van der Waals surface area contributed by atoms with Crippen LogP contribution in [-0.4, -0.2) is 23.5 Å². The standard InChI is InChI=1S/C19H24N2O3/c1-13(2)17(21-18(23)24-19(3,4)5)16(22)10-9-14-7-6-8-15(11-14)12-20/h6-11,13,17H,1-5H3,(H,21,23)/b10-9+. The average Bonchev–Trinajstić information content (AvgIpc) is 2.48. The predicted octanol–water partition coefficient (Wildman–Crippen LogP) is 3.69. The van der Waals surface area contributed by atoms with Crippen LogP contribution in [0.25, 0.3) is 6.08 Å². The van der Waals surface area contributed by atoms with Gasteiger partial charge in [0.05, 0.1) is 17.7 Å². The van der Waals surface area contributed by atoms with Crippen LogP contribution in [0.3, 0.4) is 0 Å². The van der Waals surface area contributed by atoms with Crippen molar-refractivity contribution in [3.8, 4) is 6.07 Å². The van der Waals surface area contributed by atoms with Gasteiger partial charge in [0.25, 0.3) is 0 Å². The van der Waals surface area contributed by atoms with Crippen LogP contribution in [0.4, 0.5) is 4.79 Å². The molecule has 0 spiro atoms. The molecule has 5 nitrogen and oxygen atoms in total. The molecule has 1 unspecified atom stereocenters. The first-order valence-electron chi connectivity index (χ1n) is 7.84. The van der Waals surface area contributed by atoms with E-state index in [4.69, 9.17) is 10.00 Å². The number of nitrogens with zero attached hydrogens (tertiary/aromatic N) is 1. The largest absolute Gasteiger partial charge is 0.444 e. The van der Waals surface area contributed by atoms with Gasteiger partial charge >= 0.3 is 6.09 Å². The van der Waals surface area contributed by atoms with Crippen LogP contribution in [0.15, 0.2) is 30.3 Å². The topological polar surface area (TPSA) is 79.2 Å². The van der Waals surface area contributed by atoms with Gasteiger partial charge in [0.2, 0.25) is 0 Å². The minimum Gasteiger partial charge on any atom is -0.444 e. The highest BCUT2D eigenvalue weighted by molar-refractivity contribution is 5.99. The highest BCUT2D eigenvalue weighted by Crippen LogP contribution is 2.11. The van der Waals surface area contributed by atoms with Crippen LogP contribution in [0.2, 0.25) is 0 Å². The summed E-state index contributed by atoms with van der Waals surface area (Å²) < 4.78 is 5.20. The van der Waals surface area contributed by atoms with E-state index in [1.54, 1.807) is 51.1 Å². The maximum absolute atomic E-state index is 12.4. The SMILES string of the molecule is CC(C)C(NC(=O)OC(C)(C)C)C(=O)/C=C/c1cccc(C#N)c1. The minimum absolute atomic E-state index is 0.0832. The monoisotopic (exact) mass is 328 g/mol. The highest BCUT2D eigenvalue weighted by atomic mass is 16.6. The van der Waals surface area contributed by atoms with Crippen molar-refractivity contribution in [3.63, 3.8) is 0 Å². The Hall–Kier alpha value is -2.61. The van der Waals surface area contributed by atoms with Crippen molar-refractivity contribution >= 4 is 18.0 Å². The Balaban J connectivity index is 2.81. The smallest absolute Gasteiger partial charge is 0.408 e. The Kier molecular flexibility index (Phi) is 6.72. The molecule has 1 aromatic carbocycles. The fourth-order valence-electron chi connectivity index (χ4n) is 1.99. The van der Waals surface area contributed by atoms with Gasteiger partial charge in [0.1, 0.15) is 5.60 Å². The van der Waals surface area contributed by atoms with Crippen LogP contribution in [0.5, 0.6) is 0 Å². The van der Waals surface area contributed by atoms with Crippen molar-refractivity contribution < 1.29 is 14.3 Å². The molecule has 0 saturated heterocycles. The second kappa shape index (κ2) is 8.30. The molecule has 0 aliphatic carbocycles. The molecule has 0 aliphatic rings. The first kappa shape index (κ1) is 19.4. The number of hydrogen-bond acceptors (Lipinski definition) is 4. The second-order valence-electron chi connectivity index (χ2n) is 6.84. The molecular formula is C19H24N2O3. The molecule has 24 heavy (non-hydrogen) atoms. The zero-order valence-corrected chi connectivity index (χ0v) is 14.8. The van der Waals surface area contributed by atoms with Crippen LogP contribution in [-0.2, 0) is 9.53 Å². The summed E-state index contributed by atoms with van der Waals surface area (Å²) in [6.07, 6.45) is 2.43. The lowest BCUT2D eigenvalue weighted by Gasteiger charge is -2.24. The van der Waals surface area contributed by atoms with Crippen molar-refractivity contribution in [2.24, 2.45) is 5.92 Å². The fourth-order valence-corrected chi connectivity index (χ4v) is 1.99. The predicted molar refractivity (Wildman–Crippen MR) is 93.2 cm³/mol. The molecule has 1 rings (SSSR count). The number of ether oxygens (including phenoxy) is 1. The Morgan fingerprint density at radius 2 is 1.96 bits per heavy atom. The maximum atomic E-state index is 12.4. The molecule has 0 fully saturated rings. The van der Waals surface area contributed by atoms with Gasteiger partial charge in [-0.15, -0.1) is 0 Å². The van der Waals surface area contributed by atoms with Crippen molar-refractivity contribution in [2.45, 2.75) is 46.3 Å². The molecule has 1 amide bonds. The van der Waals surface area contributed by atoms with E-state index < -0.39 is 17.7 Å². The molecule has 1 aromatic rings. The van der Waals surface area contributed by atoms with Crippen molar-refractivity contribution in [1.29, 1.82) is 5.26 Å². The van der Waals surface area contributed by atoms with Gasteiger partial charge < -0.3 is 10.1 Å². The van der Waals surface area contributed by atoms with E-state index >= 15 is 0 Å². The van der Waals surface area contributed by atoms with Crippen LogP contribution in [0.1, 0.15) is 45.7 Å². The lowest BCUT2D eigenvalue weighted by Crippen LogP contribution is -2.45. The summed E-state index contributed by atoms with van der Waals surface area (Å²) in [5.41, 5.74) is 0.654. The minimum atomic E-state index is -0.671. The van der Waals surface area contributed by atoms with E-state index in [9.17, 15) is 9.59 Å². The Morgan fingerprint density at radius 3 is 2.50 bits per heavy atom. The van der Waals surface area contributed by atoms with Gasteiger partial charge in [-0.3, -0.25) is 4.79 Å². The summed E-state index contributed by atoms with van der Waals surface area (Å²) in [4.78, 5) is 24.3. The molecule has 0 radical (unpaired) electrons. The summed E-state index contributed by atoms with van der Waals surface area (Å²) >= 11 is 0. The molecule has 0 aliphatic heterocycles. The number of ketones is 1. The van der Waals surface area contributed by atoms with E-state index in [0.29, 0.717) is 5.56 Å². The van der Waals surface area contributed by atoms with Gasteiger partial charge in [-0.2, -0.15) is 5.26 Å². The molecule has 0 aromatic heterocycles. The van der Waals surface area contributed by atoms with E-state index in [-0.39, 0.29) is 11.7 Å². The Bertz CT molecular complexity index is 664. The summed E-state index contributed by atoms with van der Waals surface area (Å²) in [7, 11) is 0. The summed E-state index contributed by atoms with van der Waals surface area (Å²) in [6, 6.07) is 8.32. The molecule has 0 heterocycles. The zero-order valence-electron chi connectivity index (χ0n) is 14.8. The summed E-state index contributed by atoms with van der Waals surface area (Å²) in [5.74, 6) is -0.307. The van der Waals surface area contributed by atoms with Gasteiger partial charge in [0, 0.05) is 0 Å². The first-order chi connectivity index (χ1) is 11.1. The Morgan fingerprint density at radius 1 is 1.29 bits per heavy atom. The summed E-state index contributed by atoms with van der Waals surface area (Å²) in [5, 5.41) is 11.5. The van der Waals surface area contributed by atoms with E-state index in [0.717, 1.165) is 5.56 Å². The van der Waals surface area contributed by atoms with Gasteiger partial charge in [-0.25, -0.2) is 4.79 Å². The van der Waals surface area contributed by atoms with E-state index in [1.165, 1.54) is 6.08 Å². The molecule has 0 bridgehead atoms. The van der Waals surface area contributed by atoms with Crippen molar-refractivity contribution in [1.82, 2.24) is 5.32 Å². The normalized spacial score (nSPS) is 12.7. The number of carbonyl (C=O) groups excluding carboxylic acids is 2. The third-order valence-corrected chi connectivity index (χ3v) is 3.10. The molecular weight excluding hydrogens is 304 g/mol. The molecule has 5 heteroatoms. The van der Waals surface area contributed by atoms with Crippen LogP contribution in [0, 0.1) is 17.2 Å². The molecule has 1 atom stereocenters. The van der Waals surface area contributed by atoms with Crippen molar-refractivity contribution in [2.75, 3.05) is 0 Å². The van der Waals surface area contributed by atoms with E-state index in [2.05, 4.69) is 11.4 Å². The number of nitriles is 1. The highest BCUT2D eigenvalue weighted by Gasteiger charge is 2.25.